The number of thiophene rings is 1. The van der Waals surface area contributed by atoms with Gasteiger partial charge in [-0.25, -0.2) is 0 Å². The molecule has 5 rings (SSSR count). The van der Waals surface area contributed by atoms with E-state index in [9.17, 15) is 4.79 Å². The first-order valence-electron chi connectivity index (χ1n) is 7.96. The van der Waals surface area contributed by atoms with Crippen molar-refractivity contribution in [1.29, 1.82) is 0 Å². The maximum atomic E-state index is 11.3. The molecular formula is C17H22N2OS. The Morgan fingerprint density at radius 1 is 1.52 bits per heavy atom. The van der Waals surface area contributed by atoms with E-state index in [1.165, 1.54) is 24.1 Å². The van der Waals surface area contributed by atoms with Crippen LogP contribution in [-0.4, -0.2) is 36.0 Å². The Balaban J connectivity index is 1.60. The monoisotopic (exact) mass is 302 g/mol. The van der Waals surface area contributed by atoms with Crippen molar-refractivity contribution in [2.24, 2.45) is 11.8 Å². The van der Waals surface area contributed by atoms with Crippen molar-refractivity contribution in [3.05, 3.63) is 28.0 Å². The van der Waals surface area contributed by atoms with E-state index in [0.717, 1.165) is 19.1 Å². The third kappa shape index (κ3) is 2.34. The highest BCUT2D eigenvalue weighted by Gasteiger charge is 2.52. The number of hydrogen-bond donors (Lipinski definition) is 1. The second kappa shape index (κ2) is 5.25. The van der Waals surface area contributed by atoms with Gasteiger partial charge in [-0.05, 0) is 48.6 Å². The Morgan fingerprint density at radius 2 is 2.43 bits per heavy atom. The number of rotatable bonds is 3. The summed E-state index contributed by atoms with van der Waals surface area (Å²) in [5, 5.41) is 5.22. The molecule has 1 aromatic heterocycles. The van der Waals surface area contributed by atoms with E-state index in [1.807, 2.05) is 11.3 Å². The van der Waals surface area contributed by atoms with Crippen LogP contribution < -0.4 is 5.32 Å². The molecule has 5 unspecified atom stereocenters. The van der Waals surface area contributed by atoms with Crippen LogP contribution in [0.5, 0.6) is 0 Å². The smallest absolute Gasteiger partial charge is 0.216 e. The fourth-order valence-corrected chi connectivity index (χ4v) is 5.36. The lowest BCUT2D eigenvalue weighted by molar-refractivity contribution is -0.119. The zero-order valence-corrected chi connectivity index (χ0v) is 13.2. The van der Waals surface area contributed by atoms with E-state index >= 15 is 0 Å². The zero-order valence-electron chi connectivity index (χ0n) is 12.4. The van der Waals surface area contributed by atoms with Crippen molar-refractivity contribution in [2.75, 3.05) is 13.1 Å². The topological polar surface area (TPSA) is 32.3 Å². The molecule has 3 nitrogen and oxygen atoms in total. The van der Waals surface area contributed by atoms with Gasteiger partial charge in [0, 0.05) is 37.0 Å². The highest BCUT2D eigenvalue weighted by molar-refractivity contribution is 7.10. The average molecular weight is 302 g/mol. The molecule has 4 saturated heterocycles. The van der Waals surface area contributed by atoms with Crippen molar-refractivity contribution in [3.8, 4) is 0 Å². The normalized spacial score (nSPS) is 38.9. The van der Waals surface area contributed by atoms with Gasteiger partial charge in [-0.15, -0.1) is 11.3 Å². The molecule has 0 aliphatic carbocycles. The molecule has 0 spiro atoms. The third-order valence-electron chi connectivity index (χ3n) is 5.53. The molecular weight excluding hydrogens is 280 g/mol. The van der Waals surface area contributed by atoms with Crippen molar-refractivity contribution in [2.45, 2.75) is 38.3 Å². The van der Waals surface area contributed by atoms with E-state index in [2.05, 4.69) is 33.8 Å². The lowest BCUT2D eigenvalue weighted by atomic mass is 9.71. The molecule has 1 N–H and O–H groups in total. The maximum absolute atomic E-state index is 11.3. The van der Waals surface area contributed by atoms with Gasteiger partial charge in [-0.3, -0.25) is 9.69 Å². The third-order valence-corrected chi connectivity index (χ3v) is 6.35. The molecule has 0 aromatic carbocycles. The summed E-state index contributed by atoms with van der Waals surface area (Å²) in [5.74, 6) is 1.37. The maximum Gasteiger partial charge on any atom is 0.216 e. The molecule has 112 valence electrons. The van der Waals surface area contributed by atoms with Gasteiger partial charge < -0.3 is 5.32 Å². The first kappa shape index (κ1) is 13.5. The Hall–Kier alpha value is -1.13. The SMILES string of the molecule is CC(=O)NCC1C2CC3CCC1N3C/C2=C\c1cccs1. The predicted octanol–water partition coefficient (Wildman–Crippen LogP) is 2.75. The first-order valence-corrected chi connectivity index (χ1v) is 8.84. The molecule has 0 radical (unpaired) electrons. The van der Waals surface area contributed by atoms with Crippen molar-refractivity contribution >= 4 is 23.3 Å². The molecule has 21 heavy (non-hydrogen) atoms. The Morgan fingerprint density at radius 3 is 3.19 bits per heavy atom. The Kier molecular flexibility index (Phi) is 3.38. The number of amides is 1. The summed E-state index contributed by atoms with van der Waals surface area (Å²) in [6, 6.07) is 5.82. The molecule has 1 amide bonds. The zero-order chi connectivity index (χ0) is 14.4. The molecule has 4 aliphatic rings. The van der Waals surface area contributed by atoms with Crippen LogP contribution in [0, 0.1) is 11.8 Å². The Labute approximate surface area is 130 Å². The van der Waals surface area contributed by atoms with Crippen molar-refractivity contribution in [1.82, 2.24) is 10.2 Å². The highest BCUT2D eigenvalue weighted by Crippen LogP contribution is 2.50. The van der Waals surface area contributed by atoms with Crippen LogP contribution >= 0.6 is 11.3 Å². The van der Waals surface area contributed by atoms with Crippen LogP contribution in [-0.2, 0) is 4.79 Å². The molecule has 4 fully saturated rings. The number of nitrogens with zero attached hydrogens (tertiary/aromatic N) is 1. The summed E-state index contributed by atoms with van der Waals surface area (Å²) in [6.07, 6.45) is 6.36. The molecule has 1 aromatic rings. The number of piperidine rings is 3. The fourth-order valence-electron chi connectivity index (χ4n) is 4.66. The van der Waals surface area contributed by atoms with Gasteiger partial charge in [0.1, 0.15) is 0 Å². The number of carbonyl (C=O) groups is 1. The second-order valence-corrected chi connectivity index (χ2v) is 7.63. The van der Waals surface area contributed by atoms with Crippen molar-refractivity contribution < 1.29 is 4.79 Å². The van der Waals surface area contributed by atoms with Gasteiger partial charge in [0.25, 0.3) is 0 Å². The summed E-state index contributed by atoms with van der Waals surface area (Å²) in [6.45, 7) is 3.62. The van der Waals surface area contributed by atoms with Gasteiger partial charge in [0.05, 0.1) is 0 Å². The summed E-state index contributed by atoms with van der Waals surface area (Å²) in [4.78, 5) is 15.4. The van der Waals surface area contributed by atoms with E-state index in [1.54, 1.807) is 12.5 Å². The second-order valence-electron chi connectivity index (χ2n) is 6.65. The lowest BCUT2D eigenvalue weighted by Gasteiger charge is -2.52. The summed E-state index contributed by atoms with van der Waals surface area (Å²) in [5.41, 5.74) is 1.59. The van der Waals surface area contributed by atoms with Gasteiger partial charge in [0.15, 0.2) is 0 Å². The van der Waals surface area contributed by atoms with Gasteiger partial charge in [-0.2, -0.15) is 0 Å². The summed E-state index contributed by atoms with van der Waals surface area (Å²) in [7, 11) is 0. The Bertz CT molecular complexity index is 565. The van der Waals surface area contributed by atoms with Gasteiger partial charge in [0.2, 0.25) is 5.91 Å². The van der Waals surface area contributed by atoms with Crippen LogP contribution in [0.15, 0.2) is 23.1 Å². The van der Waals surface area contributed by atoms with E-state index in [0.29, 0.717) is 17.9 Å². The van der Waals surface area contributed by atoms with Crippen LogP contribution in [0.4, 0.5) is 0 Å². The quantitative estimate of drug-likeness (QED) is 0.931. The lowest BCUT2D eigenvalue weighted by Crippen LogP contribution is -2.58. The minimum atomic E-state index is 0.102. The minimum Gasteiger partial charge on any atom is -0.356 e. The largest absolute Gasteiger partial charge is 0.356 e. The number of hydrogen-bond acceptors (Lipinski definition) is 3. The van der Waals surface area contributed by atoms with E-state index in [4.69, 9.17) is 0 Å². The number of nitrogens with one attached hydrogen (secondary N) is 1. The predicted molar refractivity (Wildman–Crippen MR) is 86.1 cm³/mol. The van der Waals surface area contributed by atoms with Crippen LogP contribution in [0.25, 0.3) is 6.08 Å². The number of carbonyl (C=O) groups excluding carboxylic acids is 1. The van der Waals surface area contributed by atoms with Gasteiger partial charge >= 0.3 is 0 Å². The van der Waals surface area contributed by atoms with Crippen LogP contribution in [0.3, 0.4) is 0 Å². The van der Waals surface area contributed by atoms with Gasteiger partial charge in [-0.1, -0.05) is 11.6 Å². The van der Waals surface area contributed by atoms with Crippen molar-refractivity contribution in [3.63, 3.8) is 0 Å². The van der Waals surface area contributed by atoms with Crippen LogP contribution in [0.2, 0.25) is 0 Å². The molecule has 4 bridgehead atoms. The molecule has 4 aliphatic heterocycles. The molecule has 4 heteroatoms. The fraction of sp³-hybridized carbons (Fsp3) is 0.588. The molecule has 5 heterocycles. The standard InChI is InChI=1S/C17H22N2OS/c1-11(20)18-9-16-15-8-13-4-5-17(16)19(13)10-12(15)7-14-3-2-6-21-14/h2-3,6-7,13,15-17H,4-5,8-10H2,1H3,(H,18,20)/b12-7+. The highest BCUT2D eigenvalue weighted by atomic mass is 32.1. The molecule has 5 atom stereocenters. The van der Waals surface area contributed by atoms with E-state index < -0.39 is 0 Å². The minimum absolute atomic E-state index is 0.102. The van der Waals surface area contributed by atoms with E-state index in [-0.39, 0.29) is 5.91 Å². The number of fused-ring (bicyclic) bond motifs is 1. The van der Waals surface area contributed by atoms with Crippen LogP contribution in [0.1, 0.15) is 31.1 Å². The summed E-state index contributed by atoms with van der Waals surface area (Å²) >= 11 is 1.82. The summed E-state index contributed by atoms with van der Waals surface area (Å²) < 4.78 is 0. The first-order chi connectivity index (χ1) is 10.2. The molecule has 0 saturated carbocycles. The average Bonchev–Trinajstić information content (AvgIpc) is 3.06.